The fraction of sp³-hybridized carbons (Fsp3) is 0.412. The van der Waals surface area contributed by atoms with Crippen molar-refractivity contribution in [2.75, 3.05) is 7.11 Å². The van der Waals surface area contributed by atoms with Crippen molar-refractivity contribution in [3.05, 3.63) is 29.3 Å². The largest absolute Gasteiger partial charge is 0.493 e. The number of rotatable bonds is 4. The predicted octanol–water partition coefficient (Wildman–Crippen LogP) is 2.70. The Labute approximate surface area is 135 Å². The van der Waals surface area contributed by atoms with Crippen LogP contribution in [0.15, 0.2) is 23.8 Å². The number of benzene rings is 1. The molecule has 1 aliphatic heterocycles. The van der Waals surface area contributed by atoms with E-state index in [1.54, 1.807) is 25.3 Å². The molecular formula is C17H20O6. The zero-order valence-electron chi connectivity index (χ0n) is 13.8. The Bertz CT molecular complexity index is 635. The summed E-state index contributed by atoms with van der Waals surface area (Å²) in [6, 6.07) is 5.10. The van der Waals surface area contributed by atoms with Gasteiger partial charge in [0, 0.05) is 13.8 Å². The third-order valence-electron chi connectivity index (χ3n) is 2.98. The van der Waals surface area contributed by atoms with Gasteiger partial charge in [-0.05, 0) is 37.6 Å². The van der Waals surface area contributed by atoms with Crippen molar-refractivity contribution >= 4 is 18.0 Å². The second kappa shape index (κ2) is 6.32. The van der Waals surface area contributed by atoms with Gasteiger partial charge in [-0.25, -0.2) is 9.59 Å². The summed E-state index contributed by atoms with van der Waals surface area (Å²) in [5.74, 6) is -1.59. The standard InChI is InChI=1S/C17H20O6/c1-10(2)21-14-9-11(6-7-13(14)20-5)8-12-15(18)22-17(3,4)23-16(12)19/h6-10H,1-5H3. The zero-order valence-corrected chi connectivity index (χ0v) is 13.8. The number of carbonyl (C=O) groups is 2. The van der Waals surface area contributed by atoms with E-state index in [1.807, 2.05) is 13.8 Å². The van der Waals surface area contributed by atoms with Crippen LogP contribution in [-0.2, 0) is 19.1 Å². The molecule has 1 aromatic rings. The van der Waals surface area contributed by atoms with Crippen LogP contribution in [0.2, 0.25) is 0 Å². The molecule has 0 N–H and O–H groups in total. The molecule has 0 atom stereocenters. The number of methoxy groups -OCH3 is 1. The van der Waals surface area contributed by atoms with Crippen LogP contribution in [0.4, 0.5) is 0 Å². The molecule has 0 radical (unpaired) electrons. The normalized spacial score (nSPS) is 16.7. The molecule has 6 heteroatoms. The lowest BCUT2D eigenvalue weighted by molar-refractivity contribution is -0.222. The van der Waals surface area contributed by atoms with E-state index < -0.39 is 17.7 Å². The molecule has 124 valence electrons. The van der Waals surface area contributed by atoms with E-state index in [-0.39, 0.29) is 11.7 Å². The average Bonchev–Trinajstić information content (AvgIpc) is 2.41. The maximum absolute atomic E-state index is 12.0. The molecule has 1 aliphatic rings. The Balaban J connectivity index is 2.35. The predicted molar refractivity (Wildman–Crippen MR) is 83.0 cm³/mol. The molecule has 6 nitrogen and oxygen atoms in total. The van der Waals surface area contributed by atoms with Crippen molar-refractivity contribution in [3.8, 4) is 11.5 Å². The minimum absolute atomic E-state index is 0.0442. The van der Waals surface area contributed by atoms with Crippen molar-refractivity contribution in [2.24, 2.45) is 0 Å². The van der Waals surface area contributed by atoms with Crippen LogP contribution >= 0.6 is 0 Å². The highest BCUT2D eigenvalue weighted by Crippen LogP contribution is 2.31. The van der Waals surface area contributed by atoms with E-state index in [9.17, 15) is 9.59 Å². The van der Waals surface area contributed by atoms with Gasteiger partial charge in [0.05, 0.1) is 13.2 Å². The summed E-state index contributed by atoms with van der Waals surface area (Å²) in [4.78, 5) is 23.9. The Morgan fingerprint density at radius 1 is 1.09 bits per heavy atom. The molecule has 23 heavy (non-hydrogen) atoms. The molecule has 2 rings (SSSR count). The van der Waals surface area contributed by atoms with Gasteiger partial charge in [0.15, 0.2) is 11.5 Å². The summed E-state index contributed by atoms with van der Waals surface area (Å²) in [5, 5.41) is 0. The van der Waals surface area contributed by atoms with Crippen molar-refractivity contribution in [3.63, 3.8) is 0 Å². The van der Waals surface area contributed by atoms with E-state index in [1.165, 1.54) is 19.9 Å². The van der Waals surface area contributed by atoms with Crippen molar-refractivity contribution in [1.29, 1.82) is 0 Å². The van der Waals surface area contributed by atoms with Crippen LogP contribution in [0.3, 0.4) is 0 Å². The van der Waals surface area contributed by atoms with E-state index in [4.69, 9.17) is 18.9 Å². The third-order valence-corrected chi connectivity index (χ3v) is 2.98. The lowest BCUT2D eigenvalue weighted by atomic mass is 10.1. The lowest BCUT2D eigenvalue weighted by Crippen LogP contribution is -2.41. The monoisotopic (exact) mass is 320 g/mol. The van der Waals surface area contributed by atoms with Gasteiger partial charge in [0.25, 0.3) is 5.79 Å². The number of cyclic esters (lactones) is 2. The van der Waals surface area contributed by atoms with Gasteiger partial charge < -0.3 is 18.9 Å². The molecular weight excluding hydrogens is 300 g/mol. The maximum atomic E-state index is 12.0. The number of ether oxygens (including phenoxy) is 4. The molecule has 1 fully saturated rings. The molecule has 1 heterocycles. The fourth-order valence-electron chi connectivity index (χ4n) is 2.07. The Kier molecular flexibility index (Phi) is 4.63. The van der Waals surface area contributed by atoms with E-state index >= 15 is 0 Å². The minimum atomic E-state index is -1.25. The summed E-state index contributed by atoms with van der Waals surface area (Å²) in [6.45, 7) is 6.79. The summed E-state index contributed by atoms with van der Waals surface area (Å²) in [5.41, 5.74) is 0.440. The molecule has 0 amide bonds. The van der Waals surface area contributed by atoms with E-state index in [0.717, 1.165) is 0 Å². The SMILES string of the molecule is COc1ccc(C=C2C(=O)OC(C)(C)OC2=O)cc1OC(C)C. The van der Waals surface area contributed by atoms with Gasteiger partial charge in [-0.2, -0.15) is 0 Å². The number of hydrogen-bond donors (Lipinski definition) is 0. The molecule has 1 saturated heterocycles. The quantitative estimate of drug-likeness (QED) is 0.482. The molecule has 1 aromatic carbocycles. The first-order chi connectivity index (χ1) is 10.7. The highest BCUT2D eigenvalue weighted by Gasteiger charge is 2.38. The van der Waals surface area contributed by atoms with Crippen LogP contribution in [0.5, 0.6) is 11.5 Å². The van der Waals surface area contributed by atoms with E-state index in [0.29, 0.717) is 17.1 Å². The van der Waals surface area contributed by atoms with Crippen LogP contribution in [-0.4, -0.2) is 30.9 Å². The first kappa shape index (κ1) is 16.9. The van der Waals surface area contributed by atoms with Crippen molar-refractivity contribution in [1.82, 2.24) is 0 Å². The van der Waals surface area contributed by atoms with Gasteiger partial charge in [-0.3, -0.25) is 0 Å². The number of carbonyl (C=O) groups excluding carboxylic acids is 2. The molecule has 0 spiro atoms. The Morgan fingerprint density at radius 2 is 1.70 bits per heavy atom. The molecule has 0 saturated carbocycles. The summed E-state index contributed by atoms with van der Waals surface area (Å²) < 4.78 is 21.0. The summed E-state index contributed by atoms with van der Waals surface area (Å²) in [6.07, 6.45) is 1.37. The second-order valence-electron chi connectivity index (χ2n) is 5.81. The smallest absolute Gasteiger partial charge is 0.348 e. The van der Waals surface area contributed by atoms with Crippen LogP contribution < -0.4 is 9.47 Å². The van der Waals surface area contributed by atoms with Crippen LogP contribution in [0.25, 0.3) is 6.08 Å². The molecule has 0 unspecified atom stereocenters. The van der Waals surface area contributed by atoms with Gasteiger partial charge in [-0.15, -0.1) is 0 Å². The molecule has 0 aromatic heterocycles. The Morgan fingerprint density at radius 3 is 2.22 bits per heavy atom. The van der Waals surface area contributed by atoms with Crippen LogP contribution in [0, 0.1) is 0 Å². The summed E-state index contributed by atoms with van der Waals surface area (Å²) in [7, 11) is 1.54. The van der Waals surface area contributed by atoms with Crippen molar-refractivity contribution in [2.45, 2.75) is 39.6 Å². The maximum Gasteiger partial charge on any atom is 0.348 e. The van der Waals surface area contributed by atoms with Gasteiger partial charge in [-0.1, -0.05) is 6.07 Å². The minimum Gasteiger partial charge on any atom is -0.493 e. The number of hydrogen-bond acceptors (Lipinski definition) is 6. The van der Waals surface area contributed by atoms with Crippen LogP contribution in [0.1, 0.15) is 33.3 Å². The van der Waals surface area contributed by atoms with Crippen molar-refractivity contribution < 1.29 is 28.5 Å². The van der Waals surface area contributed by atoms with E-state index in [2.05, 4.69) is 0 Å². The topological polar surface area (TPSA) is 71.1 Å². The highest BCUT2D eigenvalue weighted by atomic mass is 16.7. The highest BCUT2D eigenvalue weighted by molar-refractivity contribution is 6.18. The fourth-order valence-corrected chi connectivity index (χ4v) is 2.07. The first-order valence-corrected chi connectivity index (χ1v) is 7.25. The van der Waals surface area contributed by atoms with Gasteiger partial charge in [0.2, 0.25) is 0 Å². The van der Waals surface area contributed by atoms with Gasteiger partial charge in [0.1, 0.15) is 5.57 Å². The first-order valence-electron chi connectivity index (χ1n) is 7.25. The molecule has 0 aliphatic carbocycles. The second-order valence-corrected chi connectivity index (χ2v) is 5.81. The van der Waals surface area contributed by atoms with Gasteiger partial charge >= 0.3 is 11.9 Å². The number of esters is 2. The lowest BCUT2D eigenvalue weighted by Gasteiger charge is -2.29. The summed E-state index contributed by atoms with van der Waals surface area (Å²) >= 11 is 0. The average molecular weight is 320 g/mol. The molecule has 0 bridgehead atoms. The Hall–Kier alpha value is -2.50. The third kappa shape index (κ3) is 4.03. The zero-order chi connectivity index (χ0) is 17.2.